The quantitative estimate of drug-likeness (QED) is 0.792. The fourth-order valence-electron chi connectivity index (χ4n) is 4.51. The Morgan fingerprint density at radius 1 is 0.880 bits per heavy atom. The third kappa shape index (κ3) is 1.97. The lowest BCUT2D eigenvalue weighted by atomic mass is 9.70. The number of hydroxylamine groups is 2. The van der Waals surface area contributed by atoms with Crippen LogP contribution in [0.15, 0.2) is 54.6 Å². The number of likely N-dealkylation sites (tertiary alicyclic amines) is 1. The van der Waals surface area contributed by atoms with E-state index in [2.05, 4.69) is 6.07 Å². The van der Waals surface area contributed by atoms with Crippen molar-refractivity contribution in [2.45, 2.75) is 18.7 Å². The molecule has 2 saturated heterocycles. The average Bonchev–Trinajstić information content (AvgIpc) is 2.88. The van der Waals surface area contributed by atoms with Crippen LogP contribution in [0.4, 0.5) is 0 Å². The molecule has 4 atom stereocenters. The molecule has 2 aromatic rings. The van der Waals surface area contributed by atoms with E-state index in [1.54, 1.807) is 7.05 Å². The van der Waals surface area contributed by atoms with Crippen LogP contribution >= 0.6 is 0 Å². The predicted octanol–water partition coefficient (Wildman–Crippen LogP) is 2.46. The van der Waals surface area contributed by atoms with E-state index in [-0.39, 0.29) is 23.8 Å². The Kier molecular flexibility index (Phi) is 3.11. The van der Waals surface area contributed by atoms with Crippen molar-refractivity contribution < 1.29 is 14.4 Å². The molecule has 0 aromatic heterocycles. The van der Waals surface area contributed by atoms with Gasteiger partial charge >= 0.3 is 0 Å². The van der Waals surface area contributed by atoms with E-state index in [4.69, 9.17) is 4.84 Å². The summed E-state index contributed by atoms with van der Waals surface area (Å²) >= 11 is 0. The van der Waals surface area contributed by atoms with Gasteiger partial charge in [-0.05, 0) is 16.7 Å². The van der Waals surface area contributed by atoms with Crippen LogP contribution in [0.1, 0.15) is 28.8 Å². The Balaban J connectivity index is 1.61. The summed E-state index contributed by atoms with van der Waals surface area (Å²) in [5, 5.41) is 1.90. The molecule has 4 aliphatic rings. The number of hydrogen-bond donors (Lipinski definition) is 0. The second-order valence-corrected chi connectivity index (χ2v) is 6.95. The number of benzene rings is 2. The van der Waals surface area contributed by atoms with Crippen molar-refractivity contribution in [2.24, 2.45) is 11.8 Å². The summed E-state index contributed by atoms with van der Waals surface area (Å²) in [6.45, 7) is 0.588. The minimum absolute atomic E-state index is 0.0964. The molecule has 1 aliphatic carbocycles. The van der Waals surface area contributed by atoms with Gasteiger partial charge in [-0.1, -0.05) is 54.6 Å². The number of fused-ring (bicyclic) bond motifs is 1. The standard InChI is InChI=1S/C20H18N2O3/c1-21-19(23)15-16(20(21)24)18-14-10-6-5-9-13(14)17(15)22(25-18)11-12-7-3-2-4-8-12/h2-10,15-18H,11H2,1H3/t15-,16+,17-,18+/m1/s1. The van der Waals surface area contributed by atoms with Crippen LogP contribution in [-0.4, -0.2) is 28.8 Å². The number of imide groups is 1. The van der Waals surface area contributed by atoms with Gasteiger partial charge in [0.25, 0.3) is 0 Å². The normalized spacial score (nSPS) is 30.5. The minimum atomic E-state index is -0.413. The van der Waals surface area contributed by atoms with Crippen LogP contribution in [0, 0.1) is 11.8 Å². The van der Waals surface area contributed by atoms with Crippen molar-refractivity contribution in [3.8, 4) is 0 Å². The van der Waals surface area contributed by atoms with Crippen LogP contribution in [0.2, 0.25) is 0 Å². The van der Waals surface area contributed by atoms with Crippen LogP contribution in [0.5, 0.6) is 0 Å². The van der Waals surface area contributed by atoms with Gasteiger partial charge in [-0.2, -0.15) is 5.06 Å². The molecule has 2 aromatic carbocycles. The largest absolute Gasteiger partial charge is 0.289 e. The van der Waals surface area contributed by atoms with E-state index in [0.29, 0.717) is 6.54 Å². The summed E-state index contributed by atoms with van der Waals surface area (Å²) in [5.41, 5.74) is 3.26. The van der Waals surface area contributed by atoms with E-state index in [0.717, 1.165) is 16.7 Å². The Labute approximate surface area is 145 Å². The average molecular weight is 334 g/mol. The van der Waals surface area contributed by atoms with Gasteiger partial charge in [0.2, 0.25) is 11.8 Å². The summed E-state index contributed by atoms with van der Waals surface area (Å²) < 4.78 is 0. The number of hydrogen-bond acceptors (Lipinski definition) is 4. The van der Waals surface area contributed by atoms with Gasteiger partial charge in [0.1, 0.15) is 6.10 Å². The maximum absolute atomic E-state index is 12.8. The van der Waals surface area contributed by atoms with Crippen molar-refractivity contribution in [1.29, 1.82) is 0 Å². The number of carbonyl (C=O) groups is 2. The molecule has 5 heteroatoms. The highest BCUT2D eigenvalue weighted by atomic mass is 16.7. The van der Waals surface area contributed by atoms with Crippen LogP contribution in [0.25, 0.3) is 0 Å². The molecule has 0 saturated carbocycles. The highest BCUT2D eigenvalue weighted by molar-refractivity contribution is 6.06. The molecule has 3 heterocycles. The second kappa shape index (κ2) is 5.25. The topological polar surface area (TPSA) is 49.9 Å². The molecule has 0 radical (unpaired) electrons. The summed E-state index contributed by atoms with van der Waals surface area (Å²) in [6, 6.07) is 17.8. The lowest BCUT2D eigenvalue weighted by Crippen LogP contribution is -2.51. The first kappa shape index (κ1) is 14.8. The Bertz CT molecular complexity index is 866. The van der Waals surface area contributed by atoms with E-state index >= 15 is 0 Å². The summed E-state index contributed by atoms with van der Waals surface area (Å²) in [4.78, 5) is 32.9. The maximum Gasteiger partial charge on any atom is 0.235 e. The molecule has 6 rings (SSSR count). The maximum atomic E-state index is 12.8. The third-order valence-electron chi connectivity index (χ3n) is 5.65. The molecule has 5 nitrogen and oxygen atoms in total. The lowest BCUT2D eigenvalue weighted by Gasteiger charge is -2.50. The molecule has 0 spiro atoms. The zero-order valence-electron chi connectivity index (χ0n) is 13.8. The van der Waals surface area contributed by atoms with Crippen molar-refractivity contribution in [3.05, 3.63) is 71.3 Å². The van der Waals surface area contributed by atoms with Gasteiger partial charge in [0, 0.05) is 13.6 Å². The van der Waals surface area contributed by atoms with E-state index in [9.17, 15) is 9.59 Å². The predicted molar refractivity (Wildman–Crippen MR) is 89.8 cm³/mol. The number of amides is 2. The fraction of sp³-hybridized carbons (Fsp3) is 0.300. The minimum Gasteiger partial charge on any atom is -0.289 e. The van der Waals surface area contributed by atoms with E-state index in [1.165, 1.54) is 4.90 Å². The third-order valence-corrected chi connectivity index (χ3v) is 5.65. The molecule has 25 heavy (non-hydrogen) atoms. The van der Waals surface area contributed by atoms with Crippen LogP contribution in [-0.2, 0) is 21.0 Å². The highest BCUT2D eigenvalue weighted by Crippen LogP contribution is 2.57. The van der Waals surface area contributed by atoms with Crippen LogP contribution < -0.4 is 0 Å². The monoisotopic (exact) mass is 334 g/mol. The lowest BCUT2D eigenvalue weighted by molar-refractivity contribution is -0.297. The first-order chi connectivity index (χ1) is 12.2. The SMILES string of the molecule is CN1C(=O)[C@@H]2[C@H](C1=O)[C@H]1ON(Cc3ccccc3)[C@@H]2c2ccccc21. The van der Waals surface area contributed by atoms with Crippen molar-refractivity contribution in [2.75, 3.05) is 7.05 Å². The molecule has 3 aliphatic heterocycles. The zero-order valence-corrected chi connectivity index (χ0v) is 13.8. The van der Waals surface area contributed by atoms with Crippen molar-refractivity contribution in [1.82, 2.24) is 9.96 Å². The number of rotatable bonds is 2. The van der Waals surface area contributed by atoms with Gasteiger partial charge < -0.3 is 0 Å². The van der Waals surface area contributed by atoms with Gasteiger partial charge in [-0.3, -0.25) is 19.3 Å². The summed E-state index contributed by atoms with van der Waals surface area (Å²) in [6.07, 6.45) is -0.392. The fourth-order valence-corrected chi connectivity index (χ4v) is 4.51. The smallest absolute Gasteiger partial charge is 0.235 e. The van der Waals surface area contributed by atoms with Gasteiger partial charge in [0.05, 0.1) is 17.9 Å². The molecule has 0 N–H and O–H groups in total. The van der Waals surface area contributed by atoms with E-state index in [1.807, 2.05) is 53.6 Å². The Hall–Kier alpha value is -2.50. The molecule has 2 fully saturated rings. The molecular formula is C20H18N2O3. The first-order valence-corrected chi connectivity index (χ1v) is 8.54. The number of nitrogens with zero attached hydrogens (tertiary/aromatic N) is 2. The summed E-state index contributed by atoms with van der Waals surface area (Å²) in [7, 11) is 1.58. The van der Waals surface area contributed by atoms with Gasteiger partial charge in [-0.25, -0.2) is 0 Å². The molecular weight excluding hydrogens is 316 g/mol. The van der Waals surface area contributed by atoms with E-state index < -0.39 is 12.0 Å². The van der Waals surface area contributed by atoms with Gasteiger partial charge in [-0.15, -0.1) is 0 Å². The Morgan fingerprint density at radius 3 is 2.28 bits per heavy atom. The zero-order chi connectivity index (χ0) is 17.1. The van der Waals surface area contributed by atoms with Crippen LogP contribution in [0.3, 0.4) is 0 Å². The van der Waals surface area contributed by atoms with Gasteiger partial charge in [0.15, 0.2) is 0 Å². The molecule has 126 valence electrons. The number of carbonyl (C=O) groups excluding carboxylic acids is 2. The van der Waals surface area contributed by atoms with Crippen molar-refractivity contribution >= 4 is 11.8 Å². The summed E-state index contributed by atoms with van der Waals surface area (Å²) in [5.74, 6) is -1.00. The molecule has 0 unspecified atom stereocenters. The molecule has 2 bridgehead atoms. The Morgan fingerprint density at radius 2 is 1.52 bits per heavy atom. The highest BCUT2D eigenvalue weighted by Gasteiger charge is 2.62. The second-order valence-electron chi connectivity index (χ2n) is 6.95. The molecule has 2 amide bonds. The first-order valence-electron chi connectivity index (χ1n) is 8.54. The van der Waals surface area contributed by atoms with Crippen molar-refractivity contribution in [3.63, 3.8) is 0 Å².